The number of nitrogens with one attached hydrogen (secondary N) is 2. The van der Waals surface area contributed by atoms with E-state index < -0.39 is 0 Å². The molecule has 1 aromatic heterocycles. The zero-order valence-corrected chi connectivity index (χ0v) is 10.9. The fourth-order valence-corrected chi connectivity index (χ4v) is 1.48. The molecular weight excluding hydrogens is 216 g/mol. The first kappa shape index (κ1) is 13.7. The van der Waals surface area contributed by atoms with E-state index in [2.05, 4.69) is 27.5 Å². The Hall–Kier alpha value is -1.36. The van der Waals surface area contributed by atoms with Crippen molar-refractivity contribution in [2.24, 2.45) is 0 Å². The van der Waals surface area contributed by atoms with E-state index in [0.717, 1.165) is 49.9 Å². The van der Waals surface area contributed by atoms with E-state index in [0.29, 0.717) is 0 Å². The van der Waals surface area contributed by atoms with Crippen molar-refractivity contribution in [2.45, 2.75) is 26.2 Å². The van der Waals surface area contributed by atoms with Gasteiger partial charge in [-0.25, -0.2) is 9.97 Å². The molecule has 0 amide bonds. The maximum atomic E-state index is 5.00. The number of aromatic nitrogens is 2. The predicted octanol–water partition coefficient (Wildman–Crippen LogP) is 1.92. The van der Waals surface area contributed by atoms with Gasteiger partial charge in [0.15, 0.2) is 0 Å². The van der Waals surface area contributed by atoms with Crippen molar-refractivity contribution < 1.29 is 4.74 Å². The summed E-state index contributed by atoms with van der Waals surface area (Å²) in [6.07, 6.45) is 2.93. The van der Waals surface area contributed by atoms with Crippen molar-refractivity contribution in [3.8, 4) is 0 Å². The Balaban J connectivity index is 2.59. The Morgan fingerprint density at radius 3 is 2.71 bits per heavy atom. The zero-order valence-electron chi connectivity index (χ0n) is 10.9. The van der Waals surface area contributed by atoms with Crippen LogP contribution >= 0.6 is 0 Å². The van der Waals surface area contributed by atoms with Crippen LogP contribution in [-0.4, -0.2) is 37.3 Å². The molecule has 2 N–H and O–H groups in total. The molecule has 0 aliphatic carbocycles. The molecule has 96 valence electrons. The van der Waals surface area contributed by atoms with Crippen LogP contribution in [-0.2, 0) is 11.2 Å². The highest BCUT2D eigenvalue weighted by molar-refractivity contribution is 5.47. The van der Waals surface area contributed by atoms with Crippen molar-refractivity contribution >= 4 is 11.6 Å². The molecule has 0 unspecified atom stereocenters. The van der Waals surface area contributed by atoms with Gasteiger partial charge in [-0.05, 0) is 12.8 Å². The molecule has 0 aliphatic rings. The highest BCUT2D eigenvalue weighted by Gasteiger charge is 2.02. The van der Waals surface area contributed by atoms with Gasteiger partial charge in [0.05, 0.1) is 0 Å². The normalized spacial score (nSPS) is 10.3. The second-order valence-corrected chi connectivity index (χ2v) is 3.83. The van der Waals surface area contributed by atoms with Crippen LogP contribution in [0.25, 0.3) is 0 Å². The monoisotopic (exact) mass is 238 g/mol. The first-order chi connectivity index (χ1) is 8.30. The lowest BCUT2D eigenvalue weighted by atomic mass is 10.3. The van der Waals surface area contributed by atoms with Gasteiger partial charge in [-0.15, -0.1) is 0 Å². The minimum absolute atomic E-state index is 0.763. The van der Waals surface area contributed by atoms with E-state index in [1.807, 2.05) is 13.1 Å². The summed E-state index contributed by atoms with van der Waals surface area (Å²) in [6.45, 7) is 3.75. The number of anilines is 2. The lowest BCUT2D eigenvalue weighted by Gasteiger charge is -2.09. The molecule has 0 atom stereocenters. The third kappa shape index (κ3) is 4.99. The molecule has 5 nitrogen and oxygen atoms in total. The van der Waals surface area contributed by atoms with Crippen LogP contribution in [0.4, 0.5) is 11.6 Å². The molecule has 1 heterocycles. The summed E-state index contributed by atoms with van der Waals surface area (Å²) >= 11 is 0. The van der Waals surface area contributed by atoms with Gasteiger partial charge in [0.25, 0.3) is 0 Å². The Morgan fingerprint density at radius 1 is 1.29 bits per heavy atom. The number of hydrogen-bond donors (Lipinski definition) is 2. The van der Waals surface area contributed by atoms with Gasteiger partial charge in [-0.3, -0.25) is 0 Å². The fourth-order valence-electron chi connectivity index (χ4n) is 1.48. The van der Waals surface area contributed by atoms with Gasteiger partial charge in [0.2, 0.25) is 0 Å². The number of aryl methyl sites for hydroxylation is 1. The fraction of sp³-hybridized carbons (Fsp3) is 0.667. The highest BCUT2D eigenvalue weighted by Crippen LogP contribution is 2.11. The molecule has 1 aromatic rings. The molecule has 0 bridgehead atoms. The van der Waals surface area contributed by atoms with E-state index in [-0.39, 0.29) is 0 Å². The van der Waals surface area contributed by atoms with Gasteiger partial charge >= 0.3 is 0 Å². The summed E-state index contributed by atoms with van der Waals surface area (Å²) in [7, 11) is 3.58. The molecule has 1 rings (SSSR count). The minimum atomic E-state index is 0.763. The largest absolute Gasteiger partial charge is 0.385 e. The third-order valence-corrected chi connectivity index (χ3v) is 2.33. The van der Waals surface area contributed by atoms with Crippen LogP contribution < -0.4 is 10.6 Å². The lowest BCUT2D eigenvalue weighted by molar-refractivity contribution is 0.198. The van der Waals surface area contributed by atoms with E-state index in [4.69, 9.17) is 4.74 Å². The number of hydrogen-bond acceptors (Lipinski definition) is 5. The summed E-state index contributed by atoms with van der Waals surface area (Å²) in [5, 5.41) is 6.33. The molecule has 5 heteroatoms. The Morgan fingerprint density at radius 2 is 2.06 bits per heavy atom. The molecule has 0 radical (unpaired) electrons. The van der Waals surface area contributed by atoms with Crippen LogP contribution in [0.15, 0.2) is 6.07 Å². The standard InChI is InChI=1S/C12H22N4O/c1-4-6-10-15-11(13-2)9-12(16-10)14-7-5-8-17-3/h9H,4-8H2,1-3H3,(H2,13,14,15,16). The maximum Gasteiger partial charge on any atom is 0.133 e. The van der Waals surface area contributed by atoms with E-state index in [1.54, 1.807) is 7.11 Å². The Labute approximate surface area is 103 Å². The van der Waals surface area contributed by atoms with Crippen molar-refractivity contribution in [1.29, 1.82) is 0 Å². The number of rotatable bonds is 8. The smallest absolute Gasteiger partial charge is 0.133 e. The molecule has 17 heavy (non-hydrogen) atoms. The molecule has 0 saturated carbocycles. The van der Waals surface area contributed by atoms with E-state index in [1.165, 1.54) is 0 Å². The van der Waals surface area contributed by atoms with Crippen molar-refractivity contribution in [2.75, 3.05) is 37.9 Å². The first-order valence-electron chi connectivity index (χ1n) is 6.08. The predicted molar refractivity (Wildman–Crippen MR) is 70.6 cm³/mol. The average Bonchev–Trinajstić information content (AvgIpc) is 2.35. The van der Waals surface area contributed by atoms with Gasteiger partial charge in [-0.1, -0.05) is 6.92 Å². The molecule has 0 fully saturated rings. The van der Waals surface area contributed by atoms with Crippen molar-refractivity contribution in [3.63, 3.8) is 0 Å². The lowest BCUT2D eigenvalue weighted by Crippen LogP contribution is -2.09. The van der Waals surface area contributed by atoms with Gasteiger partial charge in [0.1, 0.15) is 17.5 Å². The summed E-state index contributed by atoms with van der Waals surface area (Å²) < 4.78 is 5.00. The van der Waals surface area contributed by atoms with Crippen LogP contribution in [0.2, 0.25) is 0 Å². The van der Waals surface area contributed by atoms with Crippen LogP contribution in [0.5, 0.6) is 0 Å². The Kier molecular flexibility index (Phi) is 6.32. The van der Waals surface area contributed by atoms with Crippen LogP contribution in [0, 0.1) is 0 Å². The van der Waals surface area contributed by atoms with Crippen LogP contribution in [0.1, 0.15) is 25.6 Å². The highest BCUT2D eigenvalue weighted by atomic mass is 16.5. The summed E-state index contributed by atoms with van der Waals surface area (Å²) in [6, 6.07) is 1.92. The molecule has 0 spiro atoms. The van der Waals surface area contributed by atoms with Crippen molar-refractivity contribution in [1.82, 2.24) is 9.97 Å². The van der Waals surface area contributed by atoms with Gasteiger partial charge < -0.3 is 15.4 Å². The molecular formula is C12H22N4O. The number of nitrogens with zero attached hydrogens (tertiary/aromatic N) is 2. The maximum absolute atomic E-state index is 5.00. The molecule has 0 aromatic carbocycles. The van der Waals surface area contributed by atoms with Gasteiger partial charge in [0, 0.05) is 39.8 Å². The minimum Gasteiger partial charge on any atom is -0.385 e. The summed E-state index contributed by atoms with van der Waals surface area (Å²) in [4.78, 5) is 8.86. The second kappa shape index (κ2) is 7.84. The van der Waals surface area contributed by atoms with Gasteiger partial charge in [-0.2, -0.15) is 0 Å². The topological polar surface area (TPSA) is 59.1 Å². The second-order valence-electron chi connectivity index (χ2n) is 3.83. The number of methoxy groups -OCH3 is 1. The molecule has 0 aliphatic heterocycles. The Bertz CT molecular complexity index is 330. The van der Waals surface area contributed by atoms with E-state index >= 15 is 0 Å². The average molecular weight is 238 g/mol. The first-order valence-corrected chi connectivity index (χ1v) is 6.08. The third-order valence-electron chi connectivity index (χ3n) is 2.33. The van der Waals surface area contributed by atoms with Crippen LogP contribution in [0.3, 0.4) is 0 Å². The quantitative estimate of drug-likeness (QED) is 0.678. The van der Waals surface area contributed by atoms with Crippen molar-refractivity contribution in [3.05, 3.63) is 11.9 Å². The SMILES string of the molecule is CCCc1nc(NC)cc(NCCCOC)n1. The van der Waals surface area contributed by atoms with E-state index in [9.17, 15) is 0 Å². The summed E-state index contributed by atoms with van der Waals surface area (Å²) in [5.74, 6) is 2.62. The number of ether oxygens (including phenoxy) is 1. The summed E-state index contributed by atoms with van der Waals surface area (Å²) in [5.41, 5.74) is 0. The zero-order chi connectivity index (χ0) is 12.5. The molecule has 0 saturated heterocycles.